The lowest BCUT2D eigenvalue weighted by Crippen LogP contribution is -2.31. The fourth-order valence-electron chi connectivity index (χ4n) is 2.21. The molecule has 6 heteroatoms. The third-order valence-corrected chi connectivity index (χ3v) is 3.33. The van der Waals surface area contributed by atoms with Crippen LogP contribution in [0.25, 0.3) is 0 Å². The Balaban J connectivity index is 2.08. The lowest BCUT2D eigenvalue weighted by molar-refractivity contribution is -0.121. The zero-order chi connectivity index (χ0) is 15.2. The number of hydrogen-bond donors (Lipinski definition) is 2. The molecule has 1 aliphatic rings. The molecule has 3 N–H and O–H groups in total. The van der Waals surface area contributed by atoms with Crippen LogP contribution in [0.5, 0.6) is 0 Å². The van der Waals surface area contributed by atoms with Crippen LogP contribution in [0.2, 0.25) is 0 Å². The number of amides is 2. The van der Waals surface area contributed by atoms with Crippen molar-refractivity contribution >= 4 is 11.8 Å². The minimum atomic E-state index is -0.368. The fraction of sp³-hybridized carbons (Fsp3) is 0.400. The topological polar surface area (TPSA) is 96.5 Å². The number of aliphatic hydroxyl groups is 1. The number of pyridine rings is 1. The van der Waals surface area contributed by atoms with Crippen LogP contribution in [-0.4, -0.2) is 46.5 Å². The first kappa shape index (κ1) is 15.0. The first-order chi connectivity index (χ1) is 10.1. The number of nitrogens with zero attached hydrogens (tertiary/aromatic N) is 2. The number of carbonyl (C=O) groups excluding carboxylic acids is 2. The summed E-state index contributed by atoms with van der Waals surface area (Å²) < 4.78 is 0. The number of nitrogens with two attached hydrogens (primary N) is 1. The number of likely N-dealkylation sites (tertiary alicyclic amines) is 1. The molecule has 0 saturated carbocycles. The van der Waals surface area contributed by atoms with E-state index in [0.29, 0.717) is 37.1 Å². The molecule has 1 fully saturated rings. The van der Waals surface area contributed by atoms with E-state index in [1.165, 1.54) is 6.20 Å². The largest absolute Gasteiger partial charge is 0.395 e. The highest BCUT2D eigenvalue weighted by molar-refractivity contribution is 5.95. The molecule has 21 heavy (non-hydrogen) atoms. The van der Waals surface area contributed by atoms with E-state index >= 15 is 0 Å². The summed E-state index contributed by atoms with van der Waals surface area (Å²) in [5.41, 5.74) is 6.33. The highest BCUT2D eigenvalue weighted by Gasteiger charge is 2.30. The van der Waals surface area contributed by atoms with E-state index in [4.69, 9.17) is 10.8 Å². The van der Waals surface area contributed by atoms with Crippen molar-refractivity contribution < 1.29 is 14.7 Å². The zero-order valence-electron chi connectivity index (χ0n) is 11.6. The molecule has 0 aliphatic carbocycles. The average molecular weight is 287 g/mol. The molecular formula is C15H17N3O3. The van der Waals surface area contributed by atoms with Gasteiger partial charge in [-0.15, -0.1) is 0 Å². The van der Waals surface area contributed by atoms with E-state index in [-0.39, 0.29) is 24.3 Å². The van der Waals surface area contributed by atoms with Crippen molar-refractivity contribution in [1.82, 2.24) is 9.88 Å². The Kier molecular flexibility index (Phi) is 4.90. The van der Waals surface area contributed by atoms with Gasteiger partial charge in [-0.25, -0.2) is 0 Å². The number of aromatic nitrogens is 1. The number of primary amides is 1. The van der Waals surface area contributed by atoms with Crippen LogP contribution < -0.4 is 5.73 Å². The lowest BCUT2D eigenvalue weighted by Gasteiger charge is -2.15. The van der Waals surface area contributed by atoms with Gasteiger partial charge in [0, 0.05) is 37.5 Å². The van der Waals surface area contributed by atoms with Gasteiger partial charge in [-0.1, -0.05) is 11.8 Å². The van der Waals surface area contributed by atoms with E-state index in [2.05, 4.69) is 16.8 Å². The first-order valence-electron chi connectivity index (χ1n) is 6.75. The Morgan fingerprint density at radius 3 is 2.95 bits per heavy atom. The third-order valence-electron chi connectivity index (χ3n) is 3.33. The normalized spacial score (nSPS) is 17.2. The van der Waals surface area contributed by atoms with Crippen molar-refractivity contribution in [3.05, 3.63) is 29.6 Å². The molecule has 0 radical (unpaired) electrons. The summed E-state index contributed by atoms with van der Waals surface area (Å²) in [6.45, 7) is 0.878. The zero-order valence-corrected chi connectivity index (χ0v) is 11.6. The molecule has 1 aromatic rings. The molecule has 6 nitrogen and oxygen atoms in total. The summed E-state index contributed by atoms with van der Waals surface area (Å²) in [6, 6.07) is 1.66. The van der Waals surface area contributed by atoms with E-state index in [9.17, 15) is 9.59 Å². The third kappa shape index (κ3) is 3.80. The number of aliphatic hydroxyl groups excluding tert-OH is 1. The second-order valence-electron chi connectivity index (χ2n) is 4.88. The summed E-state index contributed by atoms with van der Waals surface area (Å²) >= 11 is 0. The molecule has 2 amide bonds. The van der Waals surface area contributed by atoms with Gasteiger partial charge < -0.3 is 15.7 Å². The smallest absolute Gasteiger partial charge is 0.255 e. The number of carbonyl (C=O) groups is 2. The standard InChI is InChI=1S/C15H17N3O3/c16-14(20)12-4-5-18(10-12)15(21)13-7-11(8-17-9-13)3-1-2-6-19/h7-9,12,19H,2,4-6,10H2,(H2,16,20). The van der Waals surface area contributed by atoms with E-state index < -0.39 is 0 Å². The maximum Gasteiger partial charge on any atom is 0.255 e. The van der Waals surface area contributed by atoms with Gasteiger partial charge in [0.05, 0.1) is 18.1 Å². The summed E-state index contributed by atoms with van der Waals surface area (Å²) in [5, 5.41) is 8.68. The van der Waals surface area contributed by atoms with Gasteiger partial charge in [0.1, 0.15) is 0 Å². The first-order valence-corrected chi connectivity index (χ1v) is 6.75. The molecule has 1 saturated heterocycles. The molecule has 1 aliphatic heterocycles. The summed E-state index contributed by atoms with van der Waals surface area (Å²) in [7, 11) is 0. The predicted octanol–water partition coefficient (Wildman–Crippen LogP) is -0.237. The minimum Gasteiger partial charge on any atom is -0.395 e. The maximum absolute atomic E-state index is 12.3. The molecule has 2 rings (SSSR count). The van der Waals surface area contributed by atoms with Crippen LogP contribution in [0.3, 0.4) is 0 Å². The average Bonchev–Trinajstić information content (AvgIpc) is 2.97. The molecule has 0 bridgehead atoms. The van der Waals surface area contributed by atoms with E-state index in [1.807, 2.05) is 0 Å². The monoisotopic (exact) mass is 287 g/mol. The van der Waals surface area contributed by atoms with E-state index in [1.54, 1.807) is 17.2 Å². The van der Waals surface area contributed by atoms with Gasteiger partial charge in [0.25, 0.3) is 5.91 Å². The van der Waals surface area contributed by atoms with Crippen molar-refractivity contribution in [3.63, 3.8) is 0 Å². The van der Waals surface area contributed by atoms with Crippen molar-refractivity contribution in [2.75, 3.05) is 19.7 Å². The molecule has 1 unspecified atom stereocenters. The maximum atomic E-state index is 12.3. The fourth-order valence-corrected chi connectivity index (χ4v) is 2.21. The molecule has 0 spiro atoms. The molecular weight excluding hydrogens is 270 g/mol. The highest BCUT2D eigenvalue weighted by Crippen LogP contribution is 2.18. The van der Waals surface area contributed by atoms with Crippen LogP contribution in [0.1, 0.15) is 28.8 Å². The van der Waals surface area contributed by atoms with Gasteiger partial charge in [-0.2, -0.15) is 0 Å². The van der Waals surface area contributed by atoms with E-state index in [0.717, 1.165) is 0 Å². The van der Waals surface area contributed by atoms with Crippen molar-refractivity contribution in [2.45, 2.75) is 12.8 Å². The van der Waals surface area contributed by atoms with Gasteiger partial charge in [-0.05, 0) is 12.5 Å². The second kappa shape index (κ2) is 6.86. The van der Waals surface area contributed by atoms with Gasteiger partial charge in [0.2, 0.25) is 5.91 Å². The Bertz CT molecular complexity index is 604. The van der Waals surface area contributed by atoms with Crippen LogP contribution in [0.15, 0.2) is 18.5 Å². The summed E-state index contributed by atoms with van der Waals surface area (Å²) in [6.07, 6.45) is 4.03. The Hall–Kier alpha value is -2.39. The summed E-state index contributed by atoms with van der Waals surface area (Å²) in [4.78, 5) is 29.1. The van der Waals surface area contributed by atoms with Crippen molar-refractivity contribution in [1.29, 1.82) is 0 Å². The van der Waals surface area contributed by atoms with Crippen LogP contribution in [0, 0.1) is 17.8 Å². The van der Waals surface area contributed by atoms with Crippen LogP contribution in [0.4, 0.5) is 0 Å². The Morgan fingerprint density at radius 2 is 2.29 bits per heavy atom. The molecule has 110 valence electrons. The van der Waals surface area contributed by atoms with Gasteiger partial charge in [0.15, 0.2) is 0 Å². The Morgan fingerprint density at radius 1 is 1.48 bits per heavy atom. The number of hydrogen-bond acceptors (Lipinski definition) is 4. The van der Waals surface area contributed by atoms with Gasteiger partial charge in [-0.3, -0.25) is 14.6 Å². The van der Waals surface area contributed by atoms with Crippen molar-refractivity contribution in [3.8, 4) is 11.8 Å². The number of rotatable bonds is 3. The Labute approximate surface area is 123 Å². The lowest BCUT2D eigenvalue weighted by atomic mass is 10.1. The second-order valence-corrected chi connectivity index (χ2v) is 4.88. The molecule has 0 aromatic carbocycles. The highest BCUT2D eigenvalue weighted by atomic mass is 16.2. The molecule has 1 aromatic heterocycles. The SMILES string of the molecule is NC(=O)C1CCN(C(=O)c2cncc(C#CCCO)c2)C1. The van der Waals surface area contributed by atoms with Crippen LogP contribution in [-0.2, 0) is 4.79 Å². The predicted molar refractivity (Wildman–Crippen MR) is 76.0 cm³/mol. The quantitative estimate of drug-likeness (QED) is 0.750. The summed E-state index contributed by atoms with van der Waals surface area (Å²) in [5.74, 6) is 4.82. The molecule has 1 atom stereocenters. The molecule has 2 heterocycles. The minimum absolute atomic E-state index is 0.00132. The van der Waals surface area contributed by atoms with Crippen LogP contribution >= 0.6 is 0 Å². The van der Waals surface area contributed by atoms with Gasteiger partial charge >= 0.3 is 0 Å². The van der Waals surface area contributed by atoms with Crippen molar-refractivity contribution in [2.24, 2.45) is 11.7 Å².